The molecule has 0 radical (unpaired) electrons. The average molecular weight is 382 g/mol. The van der Waals surface area contributed by atoms with E-state index in [-0.39, 0.29) is 12.1 Å². The van der Waals surface area contributed by atoms with Crippen LogP contribution in [-0.4, -0.2) is 22.0 Å². The third kappa shape index (κ3) is 4.28. The lowest BCUT2D eigenvalue weighted by molar-refractivity contribution is 0.251. The summed E-state index contributed by atoms with van der Waals surface area (Å²) in [6, 6.07) is 13.6. The molecule has 4 rings (SSSR count). The SMILES string of the molecule is CC(Nc1ncnc2cc(Cl)ccc12)c1ccc(NC(=O)NC2CC2)cc1. The van der Waals surface area contributed by atoms with E-state index < -0.39 is 0 Å². The van der Waals surface area contributed by atoms with E-state index in [0.29, 0.717) is 11.1 Å². The van der Waals surface area contributed by atoms with Crippen molar-refractivity contribution in [1.82, 2.24) is 15.3 Å². The zero-order valence-electron chi connectivity index (χ0n) is 14.9. The average Bonchev–Trinajstić information content (AvgIpc) is 3.46. The second kappa shape index (κ2) is 7.40. The highest BCUT2D eigenvalue weighted by atomic mass is 35.5. The highest BCUT2D eigenvalue weighted by molar-refractivity contribution is 6.31. The number of carbonyl (C=O) groups is 1. The number of nitrogens with one attached hydrogen (secondary N) is 3. The fourth-order valence-corrected chi connectivity index (χ4v) is 3.04. The zero-order chi connectivity index (χ0) is 18.8. The van der Waals surface area contributed by atoms with Crippen molar-refractivity contribution in [3.8, 4) is 0 Å². The van der Waals surface area contributed by atoms with E-state index in [2.05, 4.69) is 32.8 Å². The summed E-state index contributed by atoms with van der Waals surface area (Å²) < 4.78 is 0. The molecule has 27 heavy (non-hydrogen) atoms. The first kappa shape index (κ1) is 17.5. The van der Waals surface area contributed by atoms with Gasteiger partial charge in [0.15, 0.2) is 0 Å². The molecule has 1 unspecified atom stereocenters. The lowest BCUT2D eigenvalue weighted by atomic mass is 10.1. The minimum atomic E-state index is -0.150. The van der Waals surface area contributed by atoms with Crippen LogP contribution in [0.3, 0.4) is 0 Å². The Labute approximate surface area is 162 Å². The van der Waals surface area contributed by atoms with Crippen molar-refractivity contribution in [2.45, 2.75) is 31.8 Å². The first-order valence-corrected chi connectivity index (χ1v) is 9.30. The summed E-state index contributed by atoms with van der Waals surface area (Å²) in [5, 5.41) is 10.8. The molecule has 0 saturated heterocycles. The molecule has 1 atom stereocenters. The second-order valence-corrected chi connectivity index (χ2v) is 7.18. The molecule has 1 heterocycles. The molecule has 3 aromatic rings. The van der Waals surface area contributed by atoms with Gasteiger partial charge in [0, 0.05) is 28.2 Å². The van der Waals surface area contributed by atoms with Gasteiger partial charge in [0.1, 0.15) is 12.1 Å². The number of aromatic nitrogens is 2. The van der Waals surface area contributed by atoms with Crippen LogP contribution >= 0.6 is 11.6 Å². The molecule has 0 aliphatic heterocycles. The number of rotatable bonds is 5. The Morgan fingerprint density at radius 1 is 1.15 bits per heavy atom. The lowest BCUT2D eigenvalue weighted by Crippen LogP contribution is -2.30. The van der Waals surface area contributed by atoms with Gasteiger partial charge in [-0.2, -0.15) is 0 Å². The molecule has 1 aliphatic carbocycles. The van der Waals surface area contributed by atoms with Crippen molar-refractivity contribution in [1.29, 1.82) is 0 Å². The fraction of sp³-hybridized carbons (Fsp3) is 0.250. The van der Waals surface area contributed by atoms with E-state index in [9.17, 15) is 4.79 Å². The number of nitrogens with zero attached hydrogens (tertiary/aromatic N) is 2. The molecule has 7 heteroatoms. The number of anilines is 2. The lowest BCUT2D eigenvalue weighted by Gasteiger charge is -2.17. The van der Waals surface area contributed by atoms with Crippen LogP contribution in [-0.2, 0) is 0 Å². The Morgan fingerprint density at radius 2 is 1.93 bits per heavy atom. The van der Waals surface area contributed by atoms with Gasteiger partial charge in [-0.05, 0) is 55.7 Å². The number of urea groups is 1. The molecule has 1 saturated carbocycles. The monoisotopic (exact) mass is 381 g/mol. The van der Waals surface area contributed by atoms with E-state index in [0.717, 1.165) is 40.8 Å². The van der Waals surface area contributed by atoms with Crippen molar-refractivity contribution in [2.24, 2.45) is 0 Å². The second-order valence-electron chi connectivity index (χ2n) is 6.74. The van der Waals surface area contributed by atoms with Crippen molar-refractivity contribution in [3.05, 3.63) is 59.4 Å². The smallest absolute Gasteiger partial charge is 0.319 e. The van der Waals surface area contributed by atoms with Crippen LogP contribution in [0.4, 0.5) is 16.3 Å². The summed E-state index contributed by atoms with van der Waals surface area (Å²) >= 11 is 6.04. The zero-order valence-corrected chi connectivity index (χ0v) is 15.6. The topological polar surface area (TPSA) is 78.9 Å². The van der Waals surface area contributed by atoms with E-state index in [1.165, 1.54) is 6.33 Å². The highest BCUT2D eigenvalue weighted by Gasteiger charge is 2.23. The summed E-state index contributed by atoms with van der Waals surface area (Å²) in [6.45, 7) is 2.06. The van der Waals surface area contributed by atoms with E-state index >= 15 is 0 Å². The number of hydrogen-bond donors (Lipinski definition) is 3. The standard InChI is InChI=1S/C20H20ClN5O/c1-12(24-19-17-9-4-14(21)10-18(17)22-11-23-19)13-2-5-15(6-3-13)25-20(27)26-16-7-8-16/h2-6,9-12,16H,7-8H2,1H3,(H,22,23,24)(H2,25,26,27). The quantitative estimate of drug-likeness (QED) is 0.596. The van der Waals surface area contributed by atoms with Gasteiger partial charge in [0.25, 0.3) is 0 Å². The molecule has 2 amide bonds. The Hall–Kier alpha value is -2.86. The first-order valence-electron chi connectivity index (χ1n) is 8.93. The van der Waals surface area contributed by atoms with Crippen molar-refractivity contribution in [3.63, 3.8) is 0 Å². The van der Waals surface area contributed by atoms with E-state index in [1.807, 2.05) is 42.5 Å². The maximum absolute atomic E-state index is 11.8. The predicted octanol–water partition coefficient (Wildman–Crippen LogP) is 4.74. The van der Waals surface area contributed by atoms with Gasteiger partial charge in [0.2, 0.25) is 0 Å². The van der Waals surface area contributed by atoms with Gasteiger partial charge in [-0.3, -0.25) is 0 Å². The van der Waals surface area contributed by atoms with Crippen LogP contribution in [0.15, 0.2) is 48.8 Å². The molecule has 1 aromatic heterocycles. The van der Waals surface area contributed by atoms with Gasteiger partial charge >= 0.3 is 6.03 Å². The Morgan fingerprint density at radius 3 is 2.67 bits per heavy atom. The van der Waals surface area contributed by atoms with Crippen molar-refractivity contribution >= 4 is 40.0 Å². The van der Waals surface area contributed by atoms with Gasteiger partial charge in [-0.15, -0.1) is 0 Å². The molecule has 2 aromatic carbocycles. The van der Waals surface area contributed by atoms with Gasteiger partial charge in [-0.25, -0.2) is 14.8 Å². The summed E-state index contributed by atoms with van der Waals surface area (Å²) in [5.41, 5.74) is 2.66. The number of amides is 2. The summed E-state index contributed by atoms with van der Waals surface area (Å²) in [5.74, 6) is 0.759. The predicted molar refractivity (Wildman–Crippen MR) is 108 cm³/mol. The number of hydrogen-bond acceptors (Lipinski definition) is 4. The number of carbonyl (C=O) groups excluding carboxylic acids is 1. The largest absolute Gasteiger partial charge is 0.363 e. The minimum absolute atomic E-state index is 0.0353. The molecule has 3 N–H and O–H groups in total. The van der Waals surface area contributed by atoms with E-state index in [1.54, 1.807) is 0 Å². The van der Waals surface area contributed by atoms with Crippen molar-refractivity contribution in [2.75, 3.05) is 10.6 Å². The van der Waals surface area contributed by atoms with Gasteiger partial charge in [0.05, 0.1) is 5.52 Å². The molecule has 1 aliphatic rings. The maximum Gasteiger partial charge on any atom is 0.319 e. The van der Waals surface area contributed by atoms with Gasteiger partial charge < -0.3 is 16.0 Å². The molecule has 0 spiro atoms. The number of fused-ring (bicyclic) bond motifs is 1. The summed E-state index contributed by atoms with van der Waals surface area (Å²) in [6.07, 6.45) is 3.66. The maximum atomic E-state index is 11.8. The molecule has 0 bridgehead atoms. The van der Waals surface area contributed by atoms with Crippen molar-refractivity contribution < 1.29 is 4.79 Å². The Balaban J connectivity index is 1.45. The normalized spacial score (nSPS) is 14.6. The van der Waals surface area contributed by atoms with Crippen LogP contribution in [0.5, 0.6) is 0 Å². The van der Waals surface area contributed by atoms with E-state index in [4.69, 9.17) is 11.6 Å². The molecular formula is C20H20ClN5O. The molecule has 138 valence electrons. The Bertz CT molecular complexity index is 972. The third-order valence-electron chi connectivity index (χ3n) is 4.53. The third-order valence-corrected chi connectivity index (χ3v) is 4.77. The van der Waals surface area contributed by atoms with Crippen LogP contribution in [0.2, 0.25) is 5.02 Å². The van der Waals surface area contributed by atoms with Gasteiger partial charge in [-0.1, -0.05) is 23.7 Å². The molecule has 1 fully saturated rings. The molecular weight excluding hydrogens is 362 g/mol. The fourth-order valence-electron chi connectivity index (χ4n) is 2.87. The summed E-state index contributed by atoms with van der Waals surface area (Å²) in [4.78, 5) is 20.4. The number of benzene rings is 2. The van der Waals surface area contributed by atoms with Crippen LogP contribution in [0.25, 0.3) is 10.9 Å². The highest BCUT2D eigenvalue weighted by Crippen LogP contribution is 2.26. The van der Waals surface area contributed by atoms with Crippen LogP contribution in [0, 0.1) is 0 Å². The minimum Gasteiger partial charge on any atom is -0.363 e. The van der Waals surface area contributed by atoms with Crippen LogP contribution in [0.1, 0.15) is 31.4 Å². The Kier molecular flexibility index (Phi) is 4.81. The number of halogens is 1. The summed E-state index contributed by atoms with van der Waals surface area (Å²) in [7, 11) is 0. The van der Waals surface area contributed by atoms with Crippen LogP contribution < -0.4 is 16.0 Å². The molecule has 6 nitrogen and oxygen atoms in total. The first-order chi connectivity index (χ1) is 13.1.